The molecule has 0 aliphatic heterocycles. The first-order chi connectivity index (χ1) is 4.85. The zero-order chi connectivity index (χ0) is 7.82. The van der Waals surface area contributed by atoms with Gasteiger partial charge in [-0.3, -0.25) is 0 Å². The molecule has 0 fully saturated rings. The van der Waals surface area contributed by atoms with Gasteiger partial charge in [0, 0.05) is 0 Å². The monoisotopic (exact) mass is 274 g/mol. The Kier molecular flexibility index (Phi) is 8.98. The number of rotatable bonds is 6. The molecule has 0 heterocycles. The molecule has 62 valence electrons. The second-order valence-corrected chi connectivity index (χ2v) is 6.77. The van der Waals surface area contributed by atoms with Crippen LogP contribution in [0.3, 0.4) is 0 Å². The molecule has 0 aromatic rings. The molecule has 0 aliphatic rings. The van der Waals surface area contributed by atoms with Gasteiger partial charge < -0.3 is 0 Å². The Balaban J connectivity index is 3.21. The van der Waals surface area contributed by atoms with Crippen molar-refractivity contribution in [2.45, 2.75) is 44.9 Å². The summed E-state index contributed by atoms with van der Waals surface area (Å²) in [7, 11) is 0. The Bertz CT molecular complexity index is 64.3. The normalized spacial score (nSPS) is 13.5. The minimum atomic E-state index is 0.835. The van der Waals surface area contributed by atoms with E-state index in [1.807, 2.05) is 0 Å². The number of hydrogen-bond acceptors (Lipinski definition) is 0. The van der Waals surface area contributed by atoms with E-state index in [4.69, 9.17) is 0 Å². The van der Waals surface area contributed by atoms with Gasteiger partial charge in [-0.15, -0.1) is 0 Å². The molecule has 0 radical (unpaired) electrons. The van der Waals surface area contributed by atoms with Gasteiger partial charge in [-0.05, 0) is 0 Å². The van der Waals surface area contributed by atoms with E-state index in [1.54, 1.807) is 0 Å². The van der Waals surface area contributed by atoms with Crippen molar-refractivity contribution in [1.29, 1.82) is 0 Å². The minimum absolute atomic E-state index is 0.835. The third-order valence-corrected chi connectivity index (χ3v) is 4.78. The van der Waals surface area contributed by atoms with Crippen LogP contribution >= 0.6 is 0 Å². The summed E-state index contributed by atoms with van der Waals surface area (Å²) in [4.78, 5) is 0. The van der Waals surface area contributed by atoms with Crippen LogP contribution < -0.4 is 0 Å². The second-order valence-electron chi connectivity index (χ2n) is 2.71. The van der Waals surface area contributed by atoms with Crippen molar-refractivity contribution in [1.82, 2.24) is 0 Å². The molecule has 1 unspecified atom stereocenters. The van der Waals surface area contributed by atoms with E-state index in [0.29, 0.717) is 0 Å². The van der Waals surface area contributed by atoms with Crippen LogP contribution in [-0.2, 0) is 0 Å². The van der Waals surface area contributed by atoms with Crippen molar-refractivity contribution in [3.05, 3.63) is 0 Å². The predicted molar refractivity (Wildman–Crippen MR) is 51.0 cm³/mol. The van der Waals surface area contributed by atoms with Crippen molar-refractivity contribution < 1.29 is 0 Å². The van der Waals surface area contributed by atoms with Crippen LogP contribution in [0.25, 0.3) is 0 Å². The predicted octanol–water partition coefficient (Wildman–Crippen LogP) is 2.14. The molecule has 0 aromatic heterocycles. The molecule has 0 saturated heterocycles. The summed E-state index contributed by atoms with van der Waals surface area (Å²) in [6.07, 6.45) is 5.65. The topological polar surface area (TPSA) is 0 Å². The third-order valence-electron chi connectivity index (χ3n) is 1.85. The van der Waals surface area contributed by atoms with Crippen LogP contribution in [0.1, 0.15) is 39.5 Å². The maximum atomic E-state index is 2.75. The van der Waals surface area contributed by atoms with E-state index < -0.39 is 0 Å². The SMILES string of the molecule is CCCCC(CC)C[Se][SeH]. The van der Waals surface area contributed by atoms with Crippen LogP contribution in [0.2, 0.25) is 5.32 Å². The molecular weight excluding hydrogens is 254 g/mol. The van der Waals surface area contributed by atoms with E-state index in [-0.39, 0.29) is 0 Å². The first-order valence-corrected chi connectivity index (χ1v) is 10.1. The van der Waals surface area contributed by atoms with Crippen molar-refractivity contribution in [2.75, 3.05) is 0 Å². The van der Waals surface area contributed by atoms with Gasteiger partial charge in [-0.2, -0.15) is 0 Å². The van der Waals surface area contributed by atoms with E-state index in [0.717, 1.165) is 19.0 Å². The molecule has 0 rings (SSSR count). The van der Waals surface area contributed by atoms with Crippen LogP contribution in [0.5, 0.6) is 0 Å². The molecule has 0 bridgehead atoms. The first kappa shape index (κ1) is 11.0. The van der Waals surface area contributed by atoms with E-state index in [2.05, 4.69) is 28.0 Å². The third kappa shape index (κ3) is 5.80. The fraction of sp³-hybridized carbons (Fsp3) is 1.00. The molecule has 0 aromatic carbocycles. The maximum absolute atomic E-state index is 2.75. The number of unbranched alkanes of at least 4 members (excludes halogenated alkanes) is 1. The molecular formula is C8H18Se2. The summed E-state index contributed by atoms with van der Waals surface area (Å²) in [6, 6.07) is 0. The standard InChI is InChI=1S/C8H18Se2/c1-3-5-6-8(4-2)7-10-9/h8-9H,3-7H2,1-2H3. The van der Waals surface area contributed by atoms with Crippen molar-refractivity contribution in [3.8, 4) is 0 Å². The Morgan fingerprint density at radius 3 is 2.50 bits per heavy atom. The molecule has 0 spiro atoms. The van der Waals surface area contributed by atoms with Crippen LogP contribution in [0, 0.1) is 5.92 Å². The zero-order valence-electron chi connectivity index (χ0n) is 6.97. The Morgan fingerprint density at radius 2 is 2.10 bits per heavy atom. The molecule has 10 heavy (non-hydrogen) atoms. The van der Waals surface area contributed by atoms with Gasteiger partial charge in [0.25, 0.3) is 0 Å². The molecule has 0 saturated carbocycles. The van der Waals surface area contributed by atoms with Gasteiger partial charge in [0.15, 0.2) is 0 Å². The molecule has 1 atom stereocenters. The van der Waals surface area contributed by atoms with Crippen LogP contribution in [0.15, 0.2) is 0 Å². The Labute approximate surface area is 78.1 Å². The second kappa shape index (κ2) is 8.14. The summed E-state index contributed by atoms with van der Waals surface area (Å²) < 4.78 is 0. The summed E-state index contributed by atoms with van der Waals surface area (Å²) in [5.41, 5.74) is 0. The van der Waals surface area contributed by atoms with E-state index in [9.17, 15) is 0 Å². The molecule has 0 amide bonds. The Hall–Kier alpha value is 1.04. The summed E-state index contributed by atoms with van der Waals surface area (Å²) >= 11 is 3.58. The quantitative estimate of drug-likeness (QED) is 0.650. The fourth-order valence-electron chi connectivity index (χ4n) is 1.00. The van der Waals surface area contributed by atoms with Gasteiger partial charge in [0.05, 0.1) is 0 Å². The summed E-state index contributed by atoms with van der Waals surface area (Å²) in [6.45, 7) is 4.60. The Morgan fingerprint density at radius 1 is 1.40 bits per heavy atom. The van der Waals surface area contributed by atoms with Crippen molar-refractivity contribution in [3.63, 3.8) is 0 Å². The van der Waals surface area contributed by atoms with Crippen molar-refractivity contribution >= 4 is 27.3 Å². The molecule has 0 aliphatic carbocycles. The first-order valence-electron chi connectivity index (χ1n) is 4.11. The number of hydrogen-bond donors (Lipinski definition) is 0. The fourth-order valence-corrected chi connectivity index (χ4v) is 4.59. The molecule has 0 nitrogen and oxygen atoms in total. The van der Waals surface area contributed by atoms with Gasteiger partial charge in [0.1, 0.15) is 0 Å². The summed E-state index contributed by atoms with van der Waals surface area (Å²) in [5.74, 6) is 1.03. The molecule has 0 N–H and O–H groups in total. The van der Waals surface area contributed by atoms with Crippen LogP contribution in [-0.4, -0.2) is 27.3 Å². The van der Waals surface area contributed by atoms with E-state index >= 15 is 0 Å². The average Bonchev–Trinajstić information content (AvgIpc) is 1.98. The average molecular weight is 272 g/mol. The van der Waals surface area contributed by atoms with Gasteiger partial charge in [-0.1, -0.05) is 0 Å². The van der Waals surface area contributed by atoms with Gasteiger partial charge >= 0.3 is 78.1 Å². The zero-order valence-corrected chi connectivity index (χ0v) is 10.6. The molecule has 2 heteroatoms. The van der Waals surface area contributed by atoms with Crippen LogP contribution in [0.4, 0.5) is 0 Å². The van der Waals surface area contributed by atoms with E-state index in [1.165, 1.54) is 31.0 Å². The van der Waals surface area contributed by atoms with Gasteiger partial charge in [0.2, 0.25) is 0 Å². The summed E-state index contributed by atoms with van der Waals surface area (Å²) in [5, 5.41) is 1.48. The van der Waals surface area contributed by atoms with Gasteiger partial charge in [-0.25, -0.2) is 0 Å². The van der Waals surface area contributed by atoms with Crippen molar-refractivity contribution in [2.24, 2.45) is 5.92 Å².